The molecule has 4 aromatic rings. The minimum atomic E-state index is -0.642. The topological polar surface area (TPSA) is 140 Å². The molecule has 0 aliphatic carbocycles. The maximum Gasteiger partial charge on any atom is 0.311 e. The van der Waals surface area contributed by atoms with Gasteiger partial charge in [0.25, 0.3) is 5.91 Å². The number of nitro benzene ring substituents is 1. The molecule has 35 heavy (non-hydrogen) atoms. The number of ether oxygens (including phenoxy) is 1. The van der Waals surface area contributed by atoms with Gasteiger partial charge >= 0.3 is 5.69 Å². The normalized spacial score (nSPS) is 10.7. The zero-order valence-electron chi connectivity index (χ0n) is 18.9. The first kappa shape index (κ1) is 23.6. The number of aromatic hydroxyl groups is 1. The van der Waals surface area contributed by atoms with E-state index < -0.39 is 10.8 Å². The second-order valence-electron chi connectivity index (χ2n) is 7.71. The number of nitro groups is 1. The third-order valence-corrected chi connectivity index (χ3v) is 5.56. The molecule has 0 unspecified atom stereocenters. The van der Waals surface area contributed by atoms with Crippen molar-refractivity contribution in [3.63, 3.8) is 0 Å². The Bertz CT molecular complexity index is 1460. The Kier molecular flexibility index (Phi) is 6.34. The van der Waals surface area contributed by atoms with Gasteiger partial charge in [0.05, 0.1) is 17.6 Å². The summed E-state index contributed by atoms with van der Waals surface area (Å²) in [4.78, 5) is 27.6. The highest BCUT2D eigenvalue weighted by molar-refractivity contribution is 7.80. The number of hydrogen-bond acceptors (Lipinski definition) is 8. The highest BCUT2D eigenvalue weighted by atomic mass is 32.1. The molecule has 3 aromatic carbocycles. The number of phenols is 1. The zero-order valence-corrected chi connectivity index (χ0v) is 19.7. The SMILES string of the molecule is COc1ccc(C(=O)NC(=S)Nc2ccc(O)c(-c3nc4cc(C)c(C)cc4o3)c2)cc1[N+](=O)[O-]. The fraction of sp³-hybridized carbons (Fsp3) is 0.125. The third kappa shape index (κ3) is 4.89. The van der Waals surface area contributed by atoms with Crippen LogP contribution in [0.3, 0.4) is 0 Å². The van der Waals surface area contributed by atoms with Crippen molar-refractivity contribution in [1.82, 2.24) is 10.3 Å². The molecule has 11 heteroatoms. The van der Waals surface area contributed by atoms with Gasteiger partial charge in [0.15, 0.2) is 16.4 Å². The Labute approximate surface area is 204 Å². The predicted octanol–water partition coefficient (Wildman–Crippen LogP) is 4.86. The van der Waals surface area contributed by atoms with E-state index in [2.05, 4.69) is 15.6 Å². The Morgan fingerprint density at radius 3 is 2.60 bits per heavy atom. The van der Waals surface area contributed by atoms with Crippen molar-refractivity contribution in [2.75, 3.05) is 12.4 Å². The zero-order chi connectivity index (χ0) is 25.3. The number of rotatable bonds is 5. The summed E-state index contributed by atoms with van der Waals surface area (Å²) in [6, 6.07) is 12.2. The molecule has 1 amide bonds. The van der Waals surface area contributed by atoms with Gasteiger partial charge in [0, 0.05) is 17.3 Å². The molecule has 4 rings (SSSR count). The maximum atomic E-state index is 12.5. The number of benzene rings is 3. The lowest BCUT2D eigenvalue weighted by Gasteiger charge is -2.11. The summed E-state index contributed by atoms with van der Waals surface area (Å²) in [5.41, 5.74) is 3.87. The highest BCUT2D eigenvalue weighted by Crippen LogP contribution is 2.34. The van der Waals surface area contributed by atoms with Crippen LogP contribution in [0.15, 0.2) is 52.9 Å². The molecule has 0 aliphatic heterocycles. The van der Waals surface area contributed by atoms with Gasteiger partial charge in [-0.05, 0) is 79.7 Å². The number of nitrogens with zero attached hydrogens (tertiary/aromatic N) is 2. The van der Waals surface area contributed by atoms with Crippen molar-refractivity contribution in [2.24, 2.45) is 0 Å². The van der Waals surface area contributed by atoms with Gasteiger partial charge in [-0.15, -0.1) is 0 Å². The first-order valence-corrected chi connectivity index (χ1v) is 10.7. The van der Waals surface area contributed by atoms with Crippen molar-refractivity contribution in [3.8, 4) is 23.0 Å². The minimum absolute atomic E-state index is 0.0325. The number of thiocarbonyl (C=S) groups is 1. The molecule has 0 bridgehead atoms. The predicted molar refractivity (Wildman–Crippen MR) is 134 cm³/mol. The van der Waals surface area contributed by atoms with Crippen molar-refractivity contribution in [2.45, 2.75) is 13.8 Å². The number of aryl methyl sites for hydroxylation is 2. The maximum absolute atomic E-state index is 12.5. The number of anilines is 1. The molecule has 178 valence electrons. The summed E-state index contributed by atoms with van der Waals surface area (Å²) < 4.78 is 10.8. The molecule has 0 fully saturated rings. The second-order valence-corrected chi connectivity index (χ2v) is 8.12. The lowest BCUT2D eigenvalue weighted by molar-refractivity contribution is -0.385. The summed E-state index contributed by atoms with van der Waals surface area (Å²) in [6.45, 7) is 3.95. The molecule has 1 aromatic heterocycles. The molecule has 0 aliphatic rings. The molecule has 3 N–H and O–H groups in total. The highest BCUT2D eigenvalue weighted by Gasteiger charge is 2.19. The quantitative estimate of drug-likeness (QED) is 0.154. The number of oxazole rings is 1. The average molecular weight is 493 g/mol. The number of methoxy groups -OCH3 is 1. The van der Waals surface area contributed by atoms with Gasteiger partial charge < -0.3 is 19.6 Å². The number of nitrogens with one attached hydrogen (secondary N) is 2. The smallest absolute Gasteiger partial charge is 0.311 e. The molecule has 10 nitrogen and oxygen atoms in total. The number of hydrogen-bond donors (Lipinski definition) is 3. The van der Waals surface area contributed by atoms with E-state index in [0.29, 0.717) is 22.4 Å². The van der Waals surface area contributed by atoms with Crippen LogP contribution in [0.2, 0.25) is 0 Å². The van der Waals surface area contributed by atoms with Crippen LogP contribution < -0.4 is 15.4 Å². The largest absolute Gasteiger partial charge is 0.507 e. The summed E-state index contributed by atoms with van der Waals surface area (Å²) >= 11 is 5.22. The van der Waals surface area contributed by atoms with E-state index in [0.717, 1.165) is 17.2 Å². The second kappa shape index (κ2) is 9.39. The summed E-state index contributed by atoms with van der Waals surface area (Å²) in [7, 11) is 1.30. The number of carbonyl (C=O) groups excluding carboxylic acids is 1. The molecular weight excluding hydrogens is 472 g/mol. The van der Waals surface area contributed by atoms with Gasteiger partial charge in [0.1, 0.15) is 11.3 Å². The lowest BCUT2D eigenvalue weighted by Crippen LogP contribution is -2.34. The first-order valence-electron chi connectivity index (χ1n) is 10.3. The van der Waals surface area contributed by atoms with E-state index in [1.54, 1.807) is 12.1 Å². The van der Waals surface area contributed by atoms with Gasteiger partial charge in [-0.1, -0.05) is 0 Å². The van der Waals surface area contributed by atoms with Gasteiger partial charge in [-0.2, -0.15) is 0 Å². The number of aromatic nitrogens is 1. The third-order valence-electron chi connectivity index (χ3n) is 5.35. The van der Waals surface area contributed by atoms with Crippen molar-refractivity contribution in [3.05, 3.63) is 75.3 Å². The van der Waals surface area contributed by atoms with Crippen LogP contribution >= 0.6 is 12.2 Å². The van der Waals surface area contributed by atoms with Gasteiger partial charge in [0.2, 0.25) is 5.89 Å². The van der Waals surface area contributed by atoms with E-state index in [-0.39, 0.29) is 33.8 Å². The average Bonchev–Trinajstić information content (AvgIpc) is 3.22. The fourth-order valence-corrected chi connectivity index (χ4v) is 3.60. The van der Waals surface area contributed by atoms with E-state index in [1.807, 2.05) is 26.0 Å². The van der Waals surface area contributed by atoms with Crippen LogP contribution in [0.1, 0.15) is 21.5 Å². The van der Waals surface area contributed by atoms with Crippen LogP contribution in [0.4, 0.5) is 11.4 Å². The molecule has 0 saturated carbocycles. The van der Waals surface area contributed by atoms with Crippen LogP contribution in [0.25, 0.3) is 22.6 Å². The molecule has 0 spiro atoms. The Hall–Kier alpha value is -4.51. The number of carbonyl (C=O) groups is 1. The van der Waals surface area contributed by atoms with Gasteiger partial charge in [-0.3, -0.25) is 20.2 Å². The fourth-order valence-electron chi connectivity index (χ4n) is 3.39. The van der Waals surface area contributed by atoms with Crippen LogP contribution in [-0.4, -0.2) is 33.1 Å². The first-order chi connectivity index (χ1) is 16.7. The summed E-state index contributed by atoms with van der Waals surface area (Å²) in [6.07, 6.45) is 0. The number of amides is 1. The van der Waals surface area contributed by atoms with Gasteiger partial charge in [-0.25, -0.2) is 4.98 Å². The van der Waals surface area contributed by atoms with Crippen LogP contribution in [-0.2, 0) is 0 Å². The number of phenolic OH excluding ortho intramolecular Hbond substituents is 1. The van der Waals surface area contributed by atoms with Crippen molar-refractivity contribution < 1.29 is 24.0 Å². The molecule has 0 radical (unpaired) electrons. The minimum Gasteiger partial charge on any atom is -0.507 e. The van der Waals surface area contributed by atoms with Crippen molar-refractivity contribution >= 4 is 45.7 Å². The van der Waals surface area contributed by atoms with Crippen LogP contribution in [0.5, 0.6) is 11.5 Å². The number of fused-ring (bicyclic) bond motifs is 1. The van der Waals surface area contributed by atoms with Crippen molar-refractivity contribution in [1.29, 1.82) is 0 Å². The Morgan fingerprint density at radius 2 is 1.89 bits per heavy atom. The molecular formula is C24H20N4O6S. The van der Waals surface area contributed by atoms with E-state index >= 15 is 0 Å². The Morgan fingerprint density at radius 1 is 1.14 bits per heavy atom. The molecule has 0 atom stereocenters. The monoisotopic (exact) mass is 492 g/mol. The van der Waals surface area contributed by atoms with Crippen LogP contribution in [0, 0.1) is 24.0 Å². The summed E-state index contributed by atoms with van der Waals surface area (Å²) in [5.74, 6) is -0.423. The molecule has 1 heterocycles. The van der Waals surface area contributed by atoms with E-state index in [1.165, 1.54) is 25.3 Å². The van der Waals surface area contributed by atoms with E-state index in [9.17, 15) is 20.0 Å². The lowest BCUT2D eigenvalue weighted by atomic mass is 10.1. The Balaban J connectivity index is 1.53. The van der Waals surface area contributed by atoms with E-state index in [4.69, 9.17) is 21.4 Å². The standard InChI is InChI=1S/C24H20N4O6S/c1-12-8-17-21(9-13(12)2)34-23(26-17)16-11-15(5-6-19(16)29)25-24(35)27-22(30)14-4-7-20(33-3)18(10-14)28(31)32/h4-11,29H,1-3H3,(H2,25,27,30,35). The molecule has 0 saturated heterocycles. The summed E-state index contributed by atoms with van der Waals surface area (Å²) in [5, 5.41) is 26.9.